The van der Waals surface area contributed by atoms with Crippen molar-refractivity contribution in [3.63, 3.8) is 0 Å². The van der Waals surface area contributed by atoms with Crippen LogP contribution in [0, 0.1) is 12.3 Å². The van der Waals surface area contributed by atoms with Crippen LogP contribution in [0.2, 0.25) is 5.02 Å². The number of para-hydroxylation sites is 1. The number of carbonyl (C=O) groups excluding carboxylic acids is 2. The van der Waals surface area contributed by atoms with Gasteiger partial charge in [0.1, 0.15) is 24.0 Å². The Hall–Kier alpha value is -5.76. The molecule has 0 aliphatic carbocycles. The highest BCUT2D eigenvalue weighted by Gasteiger charge is 2.51. The molecule has 3 saturated heterocycles. The van der Waals surface area contributed by atoms with Crippen molar-refractivity contribution in [2.45, 2.75) is 45.6 Å². The Morgan fingerprint density at radius 2 is 1.79 bits per heavy atom. The second kappa shape index (κ2) is 15.9. The highest BCUT2D eigenvalue weighted by atomic mass is 35.5. The van der Waals surface area contributed by atoms with E-state index >= 15 is 0 Å². The highest BCUT2D eigenvalue weighted by Crippen LogP contribution is 2.46. The van der Waals surface area contributed by atoms with E-state index in [1.807, 2.05) is 42.5 Å². The number of aromatic nitrogens is 5. The molecule has 0 radical (unpaired) electrons. The quantitative estimate of drug-likeness (QED) is 0.0931. The SMILES string of the molecule is CCc1ccc2c(P(C)(C)=O)c(Nc3nc(Nc4cc(C)c(N5CC6(CN(CCc7cccc8c7n(C)c(=O)n8C7CCC(=O)NC7=O)C6)C5)cc4OC)ncc3Cl)ccc2n1. The van der Waals surface area contributed by atoms with Crippen LogP contribution in [-0.2, 0) is 34.0 Å². The first-order valence-corrected chi connectivity index (χ1v) is 23.9. The summed E-state index contributed by atoms with van der Waals surface area (Å²) >= 11 is 6.63. The van der Waals surface area contributed by atoms with E-state index in [0.29, 0.717) is 45.6 Å². The van der Waals surface area contributed by atoms with Crippen LogP contribution in [0.3, 0.4) is 0 Å². The molecule has 3 N–H and O–H groups in total. The summed E-state index contributed by atoms with van der Waals surface area (Å²) in [7, 11) is 0.628. The van der Waals surface area contributed by atoms with Crippen LogP contribution in [0.15, 0.2) is 65.6 Å². The molecule has 3 aromatic heterocycles. The second-order valence-corrected chi connectivity index (χ2v) is 20.9. The van der Waals surface area contributed by atoms with Gasteiger partial charge in [0.25, 0.3) is 0 Å². The minimum atomic E-state index is -2.77. The zero-order valence-electron chi connectivity index (χ0n) is 35.7. The summed E-state index contributed by atoms with van der Waals surface area (Å²) < 4.78 is 22.7. The maximum Gasteiger partial charge on any atom is 0.329 e. The van der Waals surface area contributed by atoms with Crippen molar-refractivity contribution in [1.29, 1.82) is 0 Å². The number of carbonyl (C=O) groups is 2. The maximum absolute atomic E-state index is 13.7. The molecule has 2 amide bonds. The predicted octanol–water partition coefficient (Wildman–Crippen LogP) is 6.29. The first-order valence-electron chi connectivity index (χ1n) is 20.9. The molecule has 9 rings (SSSR count). The average molecular weight is 877 g/mol. The number of halogens is 1. The summed E-state index contributed by atoms with van der Waals surface area (Å²) in [4.78, 5) is 56.7. The lowest BCUT2D eigenvalue weighted by molar-refractivity contribution is -0.135. The number of pyridine rings is 1. The number of hydrogen-bond acceptors (Lipinski definition) is 12. The summed E-state index contributed by atoms with van der Waals surface area (Å²) in [6.45, 7) is 12.3. The Labute approximate surface area is 364 Å². The van der Waals surface area contributed by atoms with Crippen LogP contribution in [0.4, 0.5) is 28.8 Å². The molecule has 1 unspecified atom stereocenters. The molecule has 6 aromatic rings. The number of aryl methyl sites for hydroxylation is 3. The van der Waals surface area contributed by atoms with E-state index < -0.39 is 19.1 Å². The van der Waals surface area contributed by atoms with Crippen LogP contribution >= 0.6 is 18.7 Å². The normalized spacial score (nSPS) is 17.6. The molecule has 1 spiro atoms. The molecule has 1 atom stereocenters. The number of anilines is 5. The van der Waals surface area contributed by atoms with Crippen LogP contribution < -0.4 is 36.6 Å². The zero-order chi connectivity index (χ0) is 43.7. The number of piperidine rings is 1. The van der Waals surface area contributed by atoms with Gasteiger partial charge in [-0.25, -0.2) is 9.78 Å². The molecular formula is C45H50ClN10O5P. The molecule has 0 saturated carbocycles. The Balaban J connectivity index is 0.851. The van der Waals surface area contributed by atoms with Gasteiger partial charge in [0.05, 0.1) is 41.2 Å². The minimum absolute atomic E-state index is 0.209. The first kappa shape index (κ1) is 41.6. The average Bonchev–Trinajstić information content (AvgIpc) is 3.46. The van der Waals surface area contributed by atoms with Crippen molar-refractivity contribution >= 4 is 86.6 Å². The van der Waals surface area contributed by atoms with Gasteiger partial charge < -0.3 is 29.7 Å². The van der Waals surface area contributed by atoms with Crippen LogP contribution in [-0.4, -0.2) is 94.0 Å². The number of nitrogens with one attached hydrogen (secondary N) is 3. The number of benzene rings is 3. The lowest BCUT2D eigenvalue weighted by atomic mass is 9.72. The van der Waals surface area contributed by atoms with E-state index in [1.165, 1.54) is 6.20 Å². The van der Waals surface area contributed by atoms with Crippen molar-refractivity contribution in [1.82, 2.24) is 34.3 Å². The zero-order valence-corrected chi connectivity index (χ0v) is 37.4. The molecule has 6 heterocycles. The van der Waals surface area contributed by atoms with E-state index in [4.69, 9.17) is 26.3 Å². The number of fused-ring (bicyclic) bond motifs is 2. The van der Waals surface area contributed by atoms with E-state index in [1.54, 1.807) is 36.6 Å². The number of nitrogens with zero attached hydrogens (tertiary/aromatic N) is 7. The van der Waals surface area contributed by atoms with Crippen LogP contribution in [0.25, 0.3) is 21.9 Å². The fraction of sp³-hybridized carbons (Fsp3) is 0.378. The number of likely N-dealkylation sites (tertiary alicyclic amines) is 1. The molecule has 15 nitrogen and oxygen atoms in total. The van der Waals surface area contributed by atoms with Gasteiger partial charge >= 0.3 is 5.69 Å². The number of amides is 2. The number of imide groups is 1. The molecule has 322 valence electrons. The summed E-state index contributed by atoms with van der Waals surface area (Å²) in [6, 6.07) is 17.0. The van der Waals surface area contributed by atoms with Gasteiger partial charge in [0, 0.05) is 79.7 Å². The predicted molar refractivity (Wildman–Crippen MR) is 245 cm³/mol. The smallest absolute Gasteiger partial charge is 0.329 e. The van der Waals surface area contributed by atoms with Crippen LogP contribution in [0.1, 0.15) is 42.6 Å². The third-order valence-corrected chi connectivity index (χ3v) is 14.3. The monoisotopic (exact) mass is 876 g/mol. The highest BCUT2D eigenvalue weighted by molar-refractivity contribution is 7.71. The maximum atomic E-state index is 13.7. The minimum Gasteiger partial charge on any atom is -0.494 e. The second-order valence-electron chi connectivity index (χ2n) is 17.3. The lowest BCUT2D eigenvalue weighted by Crippen LogP contribution is -2.72. The van der Waals surface area contributed by atoms with Gasteiger partial charge in [-0.3, -0.25) is 29.0 Å². The number of hydrogen-bond donors (Lipinski definition) is 3. The van der Waals surface area contributed by atoms with Crippen molar-refractivity contribution in [2.24, 2.45) is 12.5 Å². The van der Waals surface area contributed by atoms with Gasteiger partial charge in [0.15, 0.2) is 5.82 Å². The van der Waals surface area contributed by atoms with Crippen molar-refractivity contribution in [2.75, 3.05) is 68.7 Å². The summed E-state index contributed by atoms with van der Waals surface area (Å²) in [5.41, 5.74) is 7.88. The molecular weight excluding hydrogens is 827 g/mol. The van der Waals surface area contributed by atoms with Gasteiger partial charge in [-0.1, -0.05) is 36.7 Å². The Morgan fingerprint density at radius 3 is 2.52 bits per heavy atom. The van der Waals surface area contributed by atoms with Crippen molar-refractivity contribution in [3.8, 4) is 5.75 Å². The van der Waals surface area contributed by atoms with E-state index in [0.717, 1.165) is 90.0 Å². The summed E-state index contributed by atoms with van der Waals surface area (Å²) in [5, 5.41) is 10.9. The van der Waals surface area contributed by atoms with Crippen molar-refractivity contribution < 1.29 is 18.9 Å². The third-order valence-electron chi connectivity index (χ3n) is 12.5. The number of ether oxygens (including phenoxy) is 1. The number of imidazole rings is 1. The summed E-state index contributed by atoms with van der Waals surface area (Å²) in [5.74, 6) is 0.607. The van der Waals surface area contributed by atoms with Gasteiger partial charge in [0.2, 0.25) is 17.8 Å². The Morgan fingerprint density at radius 1 is 1.00 bits per heavy atom. The first-order chi connectivity index (χ1) is 29.6. The number of rotatable bonds is 12. The van der Waals surface area contributed by atoms with E-state index in [9.17, 15) is 18.9 Å². The lowest BCUT2D eigenvalue weighted by Gasteiger charge is -2.61. The standard InChI is InChI=1S/C45H50ClN10O5P/c1-7-28-11-12-29-31(48-28)13-14-32(40(29)62(5,6)60)49-41-30(46)21-47-43(52-41)50-33-19-26(2)36(20-37(33)61-4)55-24-45(25-55)22-54(23-45)18-17-27-9-8-10-34-39(27)53(3)44(59)56(34)35-15-16-38(57)51-42(35)58/h8-14,19-21,35H,7,15-18,22-25H2,1-6H3,(H,51,57,58)(H2,47,49,50,52). The van der Waals surface area contributed by atoms with Gasteiger partial charge in [-0.2, -0.15) is 4.98 Å². The molecule has 3 aromatic carbocycles. The molecule has 0 bridgehead atoms. The number of methoxy groups -OCH3 is 1. The Bertz CT molecular complexity index is 2910. The van der Waals surface area contributed by atoms with Crippen molar-refractivity contribution in [3.05, 3.63) is 93.1 Å². The van der Waals surface area contributed by atoms with E-state index in [2.05, 4.69) is 56.7 Å². The van der Waals surface area contributed by atoms with Crippen LogP contribution in [0.5, 0.6) is 5.75 Å². The fourth-order valence-corrected chi connectivity index (χ4v) is 11.2. The molecule has 3 aliphatic heterocycles. The topological polar surface area (TPSA) is 169 Å². The largest absolute Gasteiger partial charge is 0.494 e. The van der Waals surface area contributed by atoms with E-state index in [-0.39, 0.29) is 23.4 Å². The van der Waals surface area contributed by atoms with Gasteiger partial charge in [-0.15, -0.1) is 0 Å². The summed E-state index contributed by atoms with van der Waals surface area (Å²) in [6.07, 6.45) is 3.63. The molecule has 17 heteroatoms. The fourth-order valence-electron chi connectivity index (χ4n) is 9.58. The third kappa shape index (κ3) is 7.49. The molecule has 3 fully saturated rings. The van der Waals surface area contributed by atoms with Gasteiger partial charge in [-0.05, 0) is 81.0 Å². The molecule has 3 aliphatic rings. The Kier molecular flexibility index (Phi) is 10.6. The molecule has 62 heavy (non-hydrogen) atoms.